The predicted molar refractivity (Wildman–Crippen MR) is 107 cm³/mol. The third-order valence-electron chi connectivity index (χ3n) is 5.00. The van der Waals surface area contributed by atoms with Gasteiger partial charge >= 0.3 is 12.1 Å². The highest BCUT2D eigenvalue weighted by Crippen LogP contribution is 2.32. The molecule has 1 N–H and O–H groups in total. The van der Waals surface area contributed by atoms with Crippen LogP contribution >= 0.6 is 0 Å². The van der Waals surface area contributed by atoms with E-state index >= 15 is 0 Å². The maximum Gasteiger partial charge on any atom is 0.416 e. The molecular formula is C20H21F3N2O5S. The molecule has 31 heavy (non-hydrogen) atoms. The second-order valence-electron chi connectivity index (χ2n) is 6.99. The fraction of sp³-hybridized carbons (Fsp3) is 0.350. The van der Waals surface area contributed by atoms with Crippen molar-refractivity contribution in [2.24, 2.45) is 0 Å². The van der Waals surface area contributed by atoms with Crippen LogP contribution in [-0.4, -0.2) is 57.1 Å². The van der Waals surface area contributed by atoms with Crippen LogP contribution in [0.25, 0.3) is 0 Å². The van der Waals surface area contributed by atoms with Gasteiger partial charge in [0.1, 0.15) is 10.6 Å². The number of rotatable bonds is 6. The van der Waals surface area contributed by atoms with Gasteiger partial charge < -0.3 is 14.7 Å². The van der Waals surface area contributed by atoms with Crippen LogP contribution in [0.15, 0.2) is 47.4 Å². The van der Waals surface area contributed by atoms with Crippen LogP contribution in [0, 0.1) is 0 Å². The molecule has 1 aliphatic rings. The Morgan fingerprint density at radius 3 is 2.19 bits per heavy atom. The van der Waals surface area contributed by atoms with E-state index in [9.17, 15) is 26.4 Å². The first kappa shape index (κ1) is 22.9. The van der Waals surface area contributed by atoms with Gasteiger partial charge in [-0.3, -0.25) is 4.79 Å². The van der Waals surface area contributed by atoms with Crippen LogP contribution in [0.3, 0.4) is 0 Å². The normalized spacial score (nSPS) is 15.7. The van der Waals surface area contributed by atoms with E-state index in [1.54, 1.807) is 0 Å². The highest BCUT2D eigenvalue weighted by atomic mass is 32.2. The third kappa shape index (κ3) is 5.10. The number of nitrogens with zero attached hydrogens (tertiary/aromatic N) is 2. The van der Waals surface area contributed by atoms with Crippen molar-refractivity contribution in [1.29, 1.82) is 0 Å². The van der Waals surface area contributed by atoms with E-state index in [1.807, 2.05) is 4.90 Å². The first-order valence-corrected chi connectivity index (χ1v) is 10.8. The molecule has 2 aromatic carbocycles. The Balaban J connectivity index is 1.76. The molecule has 0 saturated carbocycles. The standard InChI is InChI=1S/C20H21F3N2O5S/c1-30-17-7-2-14(13-19(26)27)12-18(17)31(28,29)25-10-8-24(9-11-25)16-5-3-15(4-6-16)20(21,22)23/h2-7,12H,8-11,13H2,1H3,(H,26,27). The third-order valence-corrected chi connectivity index (χ3v) is 6.92. The van der Waals surface area contributed by atoms with E-state index in [2.05, 4.69) is 0 Å². The van der Waals surface area contributed by atoms with Crippen molar-refractivity contribution in [3.8, 4) is 5.75 Å². The van der Waals surface area contributed by atoms with Crippen molar-refractivity contribution in [1.82, 2.24) is 4.31 Å². The first-order chi connectivity index (χ1) is 14.5. The highest BCUT2D eigenvalue weighted by Gasteiger charge is 2.32. The van der Waals surface area contributed by atoms with Gasteiger partial charge in [0.2, 0.25) is 10.0 Å². The highest BCUT2D eigenvalue weighted by molar-refractivity contribution is 7.89. The molecule has 1 aliphatic heterocycles. The molecule has 0 bridgehead atoms. The van der Waals surface area contributed by atoms with Gasteiger partial charge in [-0.05, 0) is 42.0 Å². The molecule has 1 heterocycles. The molecular weight excluding hydrogens is 437 g/mol. The van der Waals surface area contributed by atoms with Crippen molar-refractivity contribution in [2.75, 3.05) is 38.2 Å². The number of hydrogen-bond donors (Lipinski definition) is 1. The smallest absolute Gasteiger partial charge is 0.416 e. The van der Waals surface area contributed by atoms with E-state index in [0.717, 1.165) is 12.1 Å². The maximum absolute atomic E-state index is 13.2. The lowest BCUT2D eigenvalue weighted by Gasteiger charge is -2.35. The van der Waals surface area contributed by atoms with Crippen LogP contribution < -0.4 is 9.64 Å². The summed E-state index contributed by atoms with van der Waals surface area (Å²) in [5.74, 6) is -0.974. The molecule has 0 aliphatic carbocycles. The van der Waals surface area contributed by atoms with E-state index < -0.39 is 27.7 Å². The van der Waals surface area contributed by atoms with Crippen LogP contribution in [0.1, 0.15) is 11.1 Å². The van der Waals surface area contributed by atoms with Crippen molar-refractivity contribution in [2.45, 2.75) is 17.5 Å². The van der Waals surface area contributed by atoms with Gasteiger partial charge in [0.25, 0.3) is 0 Å². The molecule has 0 amide bonds. The SMILES string of the molecule is COc1ccc(CC(=O)O)cc1S(=O)(=O)N1CCN(c2ccc(C(F)(F)F)cc2)CC1. The lowest BCUT2D eigenvalue weighted by molar-refractivity contribution is -0.138. The first-order valence-electron chi connectivity index (χ1n) is 9.33. The second kappa shape index (κ2) is 8.75. The van der Waals surface area contributed by atoms with Gasteiger partial charge in [0.05, 0.1) is 19.1 Å². The number of hydrogen-bond acceptors (Lipinski definition) is 5. The van der Waals surface area contributed by atoms with Gasteiger partial charge in [-0.15, -0.1) is 0 Å². The van der Waals surface area contributed by atoms with Gasteiger partial charge in [-0.25, -0.2) is 8.42 Å². The van der Waals surface area contributed by atoms with Crippen molar-refractivity contribution in [3.05, 3.63) is 53.6 Å². The fourth-order valence-electron chi connectivity index (χ4n) is 3.39. The van der Waals surface area contributed by atoms with Crippen LogP contribution in [0.4, 0.5) is 18.9 Å². The summed E-state index contributed by atoms with van der Waals surface area (Å²) >= 11 is 0. The summed E-state index contributed by atoms with van der Waals surface area (Å²) in [5.41, 5.74) is 0.159. The summed E-state index contributed by atoms with van der Waals surface area (Å²) in [5, 5.41) is 8.98. The van der Waals surface area contributed by atoms with Crippen LogP contribution in [-0.2, 0) is 27.4 Å². The summed E-state index contributed by atoms with van der Waals surface area (Å²) in [7, 11) is -2.63. The molecule has 3 rings (SSSR count). The number of halogens is 3. The quantitative estimate of drug-likeness (QED) is 0.717. The van der Waals surface area contributed by atoms with E-state index in [-0.39, 0.29) is 30.2 Å². The van der Waals surface area contributed by atoms with Crippen molar-refractivity contribution >= 4 is 21.7 Å². The summed E-state index contributed by atoms with van der Waals surface area (Å²) < 4.78 is 70.9. The molecule has 7 nitrogen and oxygen atoms in total. The number of carboxylic acid groups (broad SMARTS) is 1. The molecule has 2 aromatic rings. The second-order valence-corrected chi connectivity index (χ2v) is 8.90. The van der Waals surface area contributed by atoms with E-state index in [0.29, 0.717) is 24.3 Å². The van der Waals surface area contributed by atoms with Crippen LogP contribution in [0.2, 0.25) is 0 Å². The maximum atomic E-state index is 13.2. The predicted octanol–water partition coefficient (Wildman–Crippen LogP) is 2.85. The minimum atomic E-state index is -4.42. The summed E-state index contributed by atoms with van der Waals surface area (Å²) in [4.78, 5) is 12.7. The topological polar surface area (TPSA) is 87.1 Å². The lowest BCUT2D eigenvalue weighted by Crippen LogP contribution is -2.48. The number of methoxy groups -OCH3 is 1. The van der Waals surface area contributed by atoms with Gasteiger partial charge in [-0.1, -0.05) is 6.07 Å². The summed E-state index contributed by atoms with van der Waals surface area (Å²) in [6.07, 6.45) is -4.74. The summed E-state index contributed by atoms with van der Waals surface area (Å²) in [6.45, 7) is 0.828. The summed E-state index contributed by atoms with van der Waals surface area (Å²) in [6, 6.07) is 8.94. The van der Waals surface area contributed by atoms with Crippen molar-refractivity contribution in [3.63, 3.8) is 0 Å². The largest absolute Gasteiger partial charge is 0.495 e. The Morgan fingerprint density at radius 2 is 1.68 bits per heavy atom. The lowest BCUT2D eigenvalue weighted by atomic mass is 10.1. The average molecular weight is 458 g/mol. The Morgan fingerprint density at radius 1 is 1.06 bits per heavy atom. The monoisotopic (exact) mass is 458 g/mol. The number of alkyl halides is 3. The zero-order chi connectivity index (χ0) is 22.8. The number of benzene rings is 2. The molecule has 168 valence electrons. The Labute approximate surface area is 177 Å². The molecule has 0 radical (unpaired) electrons. The number of sulfonamides is 1. The molecule has 0 unspecified atom stereocenters. The number of ether oxygens (including phenoxy) is 1. The van der Waals surface area contributed by atoms with Gasteiger partial charge in [-0.2, -0.15) is 17.5 Å². The molecule has 0 aromatic heterocycles. The average Bonchev–Trinajstić information content (AvgIpc) is 2.73. The Bertz CT molecular complexity index is 1050. The van der Waals surface area contributed by atoms with Crippen molar-refractivity contribution < 1.29 is 36.2 Å². The minimum absolute atomic E-state index is 0.110. The number of aliphatic carboxylic acids is 1. The van der Waals surface area contributed by atoms with E-state index in [1.165, 1.54) is 41.7 Å². The number of carboxylic acids is 1. The molecule has 0 atom stereocenters. The number of carbonyl (C=O) groups is 1. The Hall–Kier alpha value is -2.79. The zero-order valence-corrected chi connectivity index (χ0v) is 17.4. The van der Waals surface area contributed by atoms with Gasteiger partial charge in [0.15, 0.2) is 0 Å². The number of piperazine rings is 1. The molecule has 1 saturated heterocycles. The molecule has 1 fully saturated rings. The Kier molecular flexibility index (Phi) is 6.46. The molecule has 11 heteroatoms. The fourth-order valence-corrected chi connectivity index (χ4v) is 5.02. The molecule has 0 spiro atoms. The van der Waals surface area contributed by atoms with E-state index in [4.69, 9.17) is 9.84 Å². The number of anilines is 1. The van der Waals surface area contributed by atoms with Crippen LogP contribution in [0.5, 0.6) is 5.75 Å². The minimum Gasteiger partial charge on any atom is -0.495 e. The van der Waals surface area contributed by atoms with Gasteiger partial charge in [0, 0.05) is 31.9 Å². The zero-order valence-electron chi connectivity index (χ0n) is 16.6.